The van der Waals surface area contributed by atoms with E-state index in [-0.39, 0.29) is 6.61 Å². The summed E-state index contributed by atoms with van der Waals surface area (Å²) in [5.74, 6) is 0. The third-order valence-corrected chi connectivity index (χ3v) is 0.630. The predicted octanol–water partition coefficient (Wildman–Crippen LogP) is 1.33. The summed E-state index contributed by atoms with van der Waals surface area (Å²) in [6, 6.07) is 0.537. The molecule has 0 saturated heterocycles. The molecule has 0 aromatic rings. The molecule has 42 valence electrons. The Hall–Kier alpha value is -0.300. The lowest BCUT2D eigenvalue weighted by molar-refractivity contribution is 0.342. The Kier molecular flexibility index (Phi) is 3.95. The predicted molar refractivity (Wildman–Crippen MR) is 31.1 cm³/mol. The molecular weight excluding hydrogens is 88.1 g/mol. The van der Waals surface area contributed by atoms with E-state index in [0.717, 1.165) is 12.8 Å². The topological polar surface area (TPSA) is 20.2 Å². The van der Waals surface area contributed by atoms with Gasteiger partial charge >= 0.3 is 0 Å². The van der Waals surface area contributed by atoms with Crippen molar-refractivity contribution in [3.63, 3.8) is 0 Å². The molecule has 0 fully saturated rings. The maximum atomic E-state index is 8.27. The van der Waals surface area contributed by atoms with Crippen molar-refractivity contribution < 1.29 is 6.48 Å². The SMILES string of the molecule is [2H]/C(=C\CO)CCC. The van der Waals surface area contributed by atoms with Crippen LogP contribution in [0.2, 0.25) is 0 Å². The number of rotatable bonds is 3. The minimum atomic E-state index is -0.00116. The fraction of sp³-hybridized carbons (Fsp3) is 0.667. The van der Waals surface area contributed by atoms with Gasteiger partial charge in [0, 0.05) is 0 Å². The summed E-state index contributed by atoms with van der Waals surface area (Å²) in [5, 5.41) is 8.27. The number of aliphatic hydroxyl groups is 1. The highest BCUT2D eigenvalue weighted by Gasteiger charge is 1.68. The van der Waals surface area contributed by atoms with Crippen molar-refractivity contribution in [2.75, 3.05) is 6.61 Å². The van der Waals surface area contributed by atoms with Gasteiger partial charge in [0.25, 0.3) is 0 Å². The Morgan fingerprint density at radius 3 is 3.00 bits per heavy atom. The van der Waals surface area contributed by atoms with Crippen LogP contribution in [0.25, 0.3) is 0 Å². The largest absolute Gasteiger partial charge is 0.392 e. The summed E-state index contributed by atoms with van der Waals surface area (Å²) >= 11 is 0. The zero-order valence-corrected chi connectivity index (χ0v) is 4.65. The van der Waals surface area contributed by atoms with Crippen LogP contribution >= 0.6 is 0 Å². The third kappa shape index (κ3) is 5.70. The summed E-state index contributed by atoms with van der Waals surface area (Å²) in [7, 11) is 0. The van der Waals surface area contributed by atoms with Crippen molar-refractivity contribution in [3.8, 4) is 0 Å². The number of allylic oxidation sites excluding steroid dienone is 1. The fourth-order valence-electron chi connectivity index (χ4n) is 0.311. The molecule has 1 N–H and O–H groups in total. The van der Waals surface area contributed by atoms with Crippen LogP contribution in [0, 0.1) is 0 Å². The van der Waals surface area contributed by atoms with Crippen molar-refractivity contribution in [1.82, 2.24) is 0 Å². The summed E-state index contributed by atoms with van der Waals surface area (Å²) in [4.78, 5) is 0. The molecule has 0 atom stereocenters. The number of hydrogen-bond donors (Lipinski definition) is 1. The van der Waals surface area contributed by atoms with Crippen LogP contribution in [-0.4, -0.2) is 11.7 Å². The van der Waals surface area contributed by atoms with Gasteiger partial charge < -0.3 is 5.11 Å². The van der Waals surface area contributed by atoms with Gasteiger partial charge in [0.15, 0.2) is 0 Å². The van der Waals surface area contributed by atoms with Gasteiger partial charge in [-0.05, 0) is 6.42 Å². The molecule has 0 aliphatic heterocycles. The van der Waals surface area contributed by atoms with Gasteiger partial charge in [-0.25, -0.2) is 0 Å². The number of hydrogen-bond acceptors (Lipinski definition) is 1. The fourth-order valence-corrected chi connectivity index (χ4v) is 0.311. The van der Waals surface area contributed by atoms with E-state index >= 15 is 0 Å². The average molecular weight is 101 g/mol. The first-order valence-electron chi connectivity index (χ1n) is 3.07. The quantitative estimate of drug-likeness (QED) is 0.532. The Bertz CT molecular complexity index is 78.6. The maximum Gasteiger partial charge on any atom is 0.0612 e. The van der Waals surface area contributed by atoms with Crippen LogP contribution < -0.4 is 0 Å². The van der Waals surface area contributed by atoms with E-state index in [1.165, 1.54) is 6.08 Å². The zero-order valence-electron chi connectivity index (χ0n) is 5.65. The maximum absolute atomic E-state index is 8.27. The lowest BCUT2D eigenvalue weighted by atomic mass is 10.3. The van der Waals surface area contributed by atoms with Crippen molar-refractivity contribution in [2.45, 2.75) is 19.8 Å². The average Bonchev–Trinajstić information content (AvgIpc) is 1.68. The van der Waals surface area contributed by atoms with Gasteiger partial charge in [-0.3, -0.25) is 0 Å². The van der Waals surface area contributed by atoms with Crippen LogP contribution in [0.1, 0.15) is 21.1 Å². The molecule has 0 heterocycles. The van der Waals surface area contributed by atoms with Crippen molar-refractivity contribution in [2.24, 2.45) is 0 Å². The van der Waals surface area contributed by atoms with E-state index in [4.69, 9.17) is 6.48 Å². The molecule has 0 saturated carbocycles. The van der Waals surface area contributed by atoms with Crippen molar-refractivity contribution in [1.29, 1.82) is 0 Å². The minimum absolute atomic E-state index is 0.00116. The van der Waals surface area contributed by atoms with Crippen LogP contribution in [0.15, 0.2) is 12.1 Å². The summed E-state index contributed by atoms with van der Waals surface area (Å²) in [6.45, 7) is 2.01. The first-order chi connectivity index (χ1) is 3.81. The molecule has 0 bridgehead atoms. The van der Waals surface area contributed by atoms with Gasteiger partial charge in [0.2, 0.25) is 0 Å². The van der Waals surface area contributed by atoms with Gasteiger partial charge in [-0.15, -0.1) is 0 Å². The Labute approximate surface area is 46.1 Å². The normalized spacial score (nSPS) is 14.0. The lowest BCUT2D eigenvalue weighted by Crippen LogP contribution is -1.69. The smallest absolute Gasteiger partial charge is 0.0612 e. The monoisotopic (exact) mass is 101 g/mol. The van der Waals surface area contributed by atoms with Gasteiger partial charge in [-0.2, -0.15) is 0 Å². The molecule has 0 spiro atoms. The van der Waals surface area contributed by atoms with Crippen LogP contribution in [-0.2, 0) is 0 Å². The van der Waals surface area contributed by atoms with Crippen molar-refractivity contribution in [3.05, 3.63) is 12.1 Å². The Balaban J connectivity index is 3.29. The van der Waals surface area contributed by atoms with E-state index in [2.05, 4.69) is 0 Å². The van der Waals surface area contributed by atoms with E-state index in [1.54, 1.807) is 0 Å². The summed E-state index contributed by atoms with van der Waals surface area (Å²) in [5.41, 5.74) is 0. The second-order valence-electron chi connectivity index (χ2n) is 1.34. The molecule has 0 rings (SSSR count). The molecular formula is C6H12O. The molecule has 0 radical (unpaired) electrons. The van der Waals surface area contributed by atoms with E-state index in [9.17, 15) is 0 Å². The Morgan fingerprint density at radius 2 is 2.57 bits per heavy atom. The molecule has 0 aliphatic rings. The van der Waals surface area contributed by atoms with Crippen LogP contribution in [0.3, 0.4) is 0 Å². The molecule has 0 aromatic heterocycles. The zero-order chi connectivity index (χ0) is 6.41. The van der Waals surface area contributed by atoms with E-state index in [0.29, 0.717) is 6.05 Å². The standard InChI is InChI=1S/C6H12O/c1-2-3-4-5-6-7/h4-5,7H,2-3,6H2,1H3/b5-4+/i4D. The van der Waals surface area contributed by atoms with E-state index in [1.807, 2.05) is 6.92 Å². The van der Waals surface area contributed by atoms with Gasteiger partial charge in [-0.1, -0.05) is 25.5 Å². The van der Waals surface area contributed by atoms with Gasteiger partial charge in [0.1, 0.15) is 0 Å². The first kappa shape index (κ1) is 4.85. The highest BCUT2D eigenvalue weighted by Crippen LogP contribution is 1.85. The summed E-state index contributed by atoms with van der Waals surface area (Å²) < 4.78 is 7.07. The van der Waals surface area contributed by atoms with E-state index < -0.39 is 0 Å². The second kappa shape index (κ2) is 5.70. The number of aliphatic hydroxyl groups excluding tert-OH is 1. The minimum Gasteiger partial charge on any atom is -0.392 e. The molecule has 0 aliphatic carbocycles. The van der Waals surface area contributed by atoms with Crippen LogP contribution in [0.4, 0.5) is 0 Å². The molecule has 1 heteroatoms. The molecule has 7 heavy (non-hydrogen) atoms. The highest BCUT2D eigenvalue weighted by molar-refractivity contribution is 4.79. The Morgan fingerprint density at radius 1 is 1.86 bits per heavy atom. The molecule has 1 nitrogen and oxygen atoms in total. The molecule has 0 amide bonds. The third-order valence-electron chi connectivity index (χ3n) is 0.630. The first-order valence-corrected chi connectivity index (χ1v) is 2.57. The summed E-state index contributed by atoms with van der Waals surface area (Å²) in [6.07, 6.45) is 3.28. The van der Waals surface area contributed by atoms with Crippen LogP contribution in [0.5, 0.6) is 0 Å². The second-order valence-corrected chi connectivity index (χ2v) is 1.34. The molecule has 0 unspecified atom stereocenters. The van der Waals surface area contributed by atoms with Gasteiger partial charge in [0.05, 0.1) is 7.98 Å². The molecule has 0 aromatic carbocycles. The highest BCUT2D eigenvalue weighted by atomic mass is 16.2. The lowest BCUT2D eigenvalue weighted by Gasteiger charge is -1.79. The van der Waals surface area contributed by atoms with Crippen molar-refractivity contribution >= 4 is 0 Å².